The van der Waals surface area contributed by atoms with E-state index in [-0.39, 0.29) is 18.2 Å². The molecule has 1 atom stereocenters. The van der Waals surface area contributed by atoms with Crippen molar-refractivity contribution in [3.8, 4) is 16.8 Å². The Morgan fingerprint density at radius 2 is 2.13 bits per heavy atom. The van der Waals surface area contributed by atoms with E-state index in [0.717, 1.165) is 4.88 Å². The number of rotatable bonds is 6. The lowest BCUT2D eigenvalue weighted by Crippen LogP contribution is -2.44. The van der Waals surface area contributed by atoms with E-state index in [9.17, 15) is 9.59 Å². The molecule has 1 aliphatic heterocycles. The van der Waals surface area contributed by atoms with Crippen molar-refractivity contribution in [3.63, 3.8) is 0 Å². The predicted octanol–water partition coefficient (Wildman–Crippen LogP) is 3.14. The van der Waals surface area contributed by atoms with Crippen LogP contribution in [0.1, 0.15) is 17.9 Å². The van der Waals surface area contributed by atoms with Gasteiger partial charge in [0.05, 0.1) is 22.4 Å². The first kappa shape index (κ1) is 20.1. The molecule has 1 saturated heterocycles. The lowest BCUT2D eigenvalue weighted by Gasteiger charge is -2.23. The largest absolute Gasteiger partial charge is 0.339 e. The molecule has 0 saturated carbocycles. The fourth-order valence-electron chi connectivity index (χ4n) is 2.98. The second-order valence-corrected chi connectivity index (χ2v) is 8.49. The molecular formula is C20H17N5O3S2. The van der Waals surface area contributed by atoms with Gasteiger partial charge in [-0.2, -0.15) is 10.2 Å². The van der Waals surface area contributed by atoms with Crippen LogP contribution < -0.4 is 5.32 Å². The predicted molar refractivity (Wildman–Crippen MR) is 114 cm³/mol. The molecule has 3 heterocycles. The Morgan fingerprint density at radius 3 is 2.87 bits per heavy atom. The van der Waals surface area contributed by atoms with Crippen LogP contribution in [-0.4, -0.2) is 44.5 Å². The van der Waals surface area contributed by atoms with E-state index in [1.165, 1.54) is 23.1 Å². The Bertz CT molecular complexity index is 1070. The number of anilines is 1. The number of hydrogen-bond acceptors (Lipinski definition) is 8. The minimum atomic E-state index is -0.539. The van der Waals surface area contributed by atoms with E-state index >= 15 is 0 Å². The van der Waals surface area contributed by atoms with Crippen molar-refractivity contribution in [1.29, 1.82) is 5.26 Å². The number of aromatic nitrogens is 2. The SMILES string of the molecule is N#Cc1ccc(NC(=O)C2CSCN2C(=O)CCc2nc(-c3cccs3)no2)cc1. The number of nitrogens with zero attached hydrogens (tertiary/aromatic N) is 4. The van der Waals surface area contributed by atoms with E-state index in [0.29, 0.717) is 41.0 Å². The van der Waals surface area contributed by atoms with E-state index in [1.807, 2.05) is 23.6 Å². The third-order valence-electron chi connectivity index (χ3n) is 4.55. The summed E-state index contributed by atoms with van der Waals surface area (Å²) in [5.74, 6) is 1.55. The van der Waals surface area contributed by atoms with Crippen molar-refractivity contribution in [1.82, 2.24) is 15.0 Å². The molecule has 3 aromatic rings. The first-order valence-electron chi connectivity index (χ1n) is 9.19. The van der Waals surface area contributed by atoms with Crippen LogP contribution >= 0.6 is 23.1 Å². The van der Waals surface area contributed by atoms with Crippen LogP contribution in [0, 0.1) is 11.3 Å². The van der Waals surface area contributed by atoms with Gasteiger partial charge in [0, 0.05) is 24.3 Å². The number of thioether (sulfide) groups is 1. The van der Waals surface area contributed by atoms with Gasteiger partial charge in [-0.05, 0) is 35.7 Å². The molecule has 152 valence electrons. The molecule has 1 N–H and O–H groups in total. The first-order valence-corrected chi connectivity index (χ1v) is 11.2. The van der Waals surface area contributed by atoms with Crippen LogP contribution in [0.3, 0.4) is 0 Å². The van der Waals surface area contributed by atoms with Gasteiger partial charge in [-0.3, -0.25) is 9.59 Å². The average molecular weight is 440 g/mol. The zero-order chi connectivity index (χ0) is 20.9. The minimum Gasteiger partial charge on any atom is -0.339 e. The highest BCUT2D eigenvalue weighted by Gasteiger charge is 2.34. The number of nitrogens with one attached hydrogen (secondary N) is 1. The average Bonchev–Trinajstić information content (AvgIpc) is 3.53. The number of nitriles is 1. The third-order valence-corrected chi connectivity index (χ3v) is 6.43. The van der Waals surface area contributed by atoms with Gasteiger partial charge in [0.2, 0.25) is 23.5 Å². The molecule has 4 rings (SSSR count). The van der Waals surface area contributed by atoms with Crippen LogP contribution in [-0.2, 0) is 16.0 Å². The summed E-state index contributed by atoms with van der Waals surface area (Å²) in [6.07, 6.45) is 0.510. The van der Waals surface area contributed by atoms with Crippen LogP contribution in [0.5, 0.6) is 0 Å². The highest BCUT2D eigenvalue weighted by Crippen LogP contribution is 2.24. The van der Waals surface area contributed by atoms with Crippen molar-refractivity contribution in [2.75, 3.05) is 16.9 Å². The number of aryl methyl sites for hydroxylation is 1. The molecule has 1 fully saturated rings. The van der Waals surface area contributed by atoms with Crippen LogP contribution in [0.25, 0.3) is 10.7 Å². The topological polar surface area (TPSA) is 112 Å². The zero-order valence-corrected chi connectivity index (χ0v) is 17.4. The molecular weight excluding hydrogens is 422 g/mol. The molecule has 2 amide bonds. The van der Waals surface area contributed by atoms with Gasteiger partial charge in [0.1, 0.15) is 6.04 Å². The fourth-order valence-corrected chi connectivity index (χ4v) is 4.81. The molecule has 0 spiro atoms. The Labute approximate surface area is 180 Å². The summed E-state index contributed by atoms with van der Waals surface area (Å²) in [5.41, 5.74) is 1.11. The van der Waals surface area contributed by atoms with Gasteiger partial charge < -0.3 is 14.7 Å². The molecule has 10 heteroatoms. The fraction of sp³-hybridized carbons (Fsp3) is 0.250. The summed E-state index contributed by atoms with van der Waals surface area (Å²) in [6.45, 7) is 0. The van der Waals surface area contributed by atoms with Crippen molar-refractivity contribution < 1.29 is 14.1 Å². The second kappa shape index (κ2) is 9.11. The minimum absolute atomic E-state index is 0.129. The van der Waals surface area contributed by atoms with Gasteiger partial charge >= 0.3 is 0 Å². The molecule has 1 unspecified atom stereocenters. The molecule has 0 radical (unpaired) electrons. The molecule has 2 aromatic heterocycles. The molecule has 30 heavy (non-hydrogen) atoms. The quantitative estimate of drug-likeness (QED) is 0.628. The number of hydrogen-bond donors (Lipinski definition) is 1. The summed E-state index contributed by atoms with van der Waals surface area (Å²) in [6, 6.07) is 11.9. The standard InChI is InChI=1S/C20H17N5O3S2/c21-10-13-3-5-14(6-4-13)22-20(27)15-11-29-12-25(15)18(26)8-7-17-23-19(24-28-17)16-2-1-9-30-16/h1-6,9,15H,7-8,11-12H2,(H,22,27). The normalized spacial score (nSPS) is 15.7. The molecule has 0 bridgehead atoms. The summed E-state index contributed by atoms with van der Waals surface area (Å²) in [5, 5.41) is 17.6. The molecule has 8 nitrogen and oxygen atoms in total. The van der Waals surface area contributed by atoms with E-state index < -0.39 is 6.04 Å². The van der Waals surface area contributed by atoms with Gasteiger partial charge in [0.25, 0.3) is 0 Å². The zero-order valence-electron chi connectivity index (χ0n) is 15.8. The number of amides is 2. The number of carbonyl (C=O) groups excluding carboxylic acids is 2. The van der Waals surface area contributed by atoms with Gasteiger partial charge in [0.15, 0.2) is 0 Å². The Morgan fingerprint density at radius 1 is 1.30 bits per heavy atom. The van der Waals surface area contributed by atoms with Crippen molar-refractivity contribution in [2.45, 2.75) is 18.9 Å². The van der Waals surface area contributed by atoms with Crippen molar-refractivity contribution in [2.24, 2.45) is 0 Å². The Balaban J connectivity index is 1.33. The van der Waals surface area contributed by atoms with Gasteiger partial charge in [-0.1, -0.05) is 11.2 Å². The molecule has 0 aliphatic carbocycles. The summed E-state index contributed by atoms with van der Waals surface area (Å²) >= 11 is 3.06. The van der Waals surface area contributed by atoms with E-state index in [4.69, 9.17) is 9.78 Å². The summed E-state index contributed by atoms with van der Waals surface area (Å²) in [4.78, 5) is 32.2. The maximum absolute atomic E-state index is 12.7. The number of thiophene rings is 1. The molecule has 1 aliphatic rings. The second-order valence-electron chi connectivity index (χ2n) is 6.55. The highest BCUT2D eigenvalue weighted by molar-refractivity contribution is 7.99. The van der Waals surface area contributed by atoms with Crippen LogP contribution in [0.2, 0.25) is 0 Å². The van der Waals surface area contributed by atoms with Gasteiger partial charge in [-0.15, -0.1) is 23.1 Å². The lowest BCUT2D eigenvalue weighted by molar-refractivity contribution is -0.136. The first-order chi connectivity index (χ1) is 14.6. The Hall–Kier alpha value is -3.16. The van der Waals surface area contributed by atoms with E-state index in [1.54, 1.807) is 29.2 Å². The Kier molecular flexibility index (Phi) is 6.11. The smallest absolute Gasteiger partial charge is 0.248 e. The van der Waals surface area contributed by atoms with Gasteiger partial charge in [-0.25, -0.2) is 0 Å². The number of benzene rings is 1. The monoisotopic (exact) mass is 439 g/mol. The number of carbonyl (C=O) groups is 2. The lowest BCUT2D eigenvalue weighted by atomic mass is 10.2. The highest BCUT2D eigenvalue weighted by atomic mass is 32.2. The van der Waals surface area contributed by atoms with Crippen LogP contribution in [0.15, 0.2) is 46.3 Å². The van der Waals surface area contributed by atoms with E-state index in [2.05, 4.69) is 15.5 Å². The maximum atomic E-state index is 12.7. The van der Waals surface area contributed by atoms with Crippen molar-refractivity contribution >= 4 is 40.6 Å². The molecule has 1 aromatic carbocycles. The maximum Gasteiger partial charge on any atom is 0.248 e. The van der Waals surface area contributed by atoms with Crippen LogP contribution in [0.4, 0.5) is 5.69 Å². The van der Waals surface area contributed by atoms with Crippen molar-refractivity contribution in [3.05, 3.63) is 53.2 Å². The third kappa shape index (κ3) is 4.53. The summed E-state index contributed by atoms with van der Waals surface area (Å²) in [7, 11) is 0. The summed E-state index contributed by atoms with van der Waals surface area (Å²) < 4.78 is 5.24.